The Balaban J connectivity index is 1.03. The molecule has 8 amide bonds. The van der Waals surface area contributed by atoms with Crippen LogP contribution < -0.4 is 37.2 Å². The molecule has 70 heavy (non-hydrogen) atoms. The van der Waals surface area contributed by atoms with Crippen molar-refractivity contribution in [1.29, 1.82) is 0 Å². The van der Waals surface area contributed by atoms with Crippen molar-refractivity contribution in [3.05, 3.63) is 0 Å². The maximum atomic E-state index is 14.5. The summed E-state index contributed by atoms with van der Waals surface area (Å²) < 4.78 is 0. The molecule has 0 spiro atoms. The summed E-state index contributed by atoms with van der Waals surface area (Å²) in [4.78, 5) is 122. The second kappa shape index (κ2) is 24.3. The Hall–Kier alpha value is -5.23. The molecule has 1 aromatic rings. The number of thioether (sulfide) groups is 1. The first-order valence-corrected chi connectivity index (χ1v) is 26.5. The molecule has 6 fully saturated rings. The topological polar surface area (TPSA) is 272 Å². The average Bonchev–Trinajstić information content (AvgIpc) is 3.92. The number of nitrogens with one attached hydrogen (secondary N) is 3. The third-order valence-corrected chi connectivity index (χ3v) is 16.5. The van der Waals surface area contributed by atoms with Crippen LogP contribution in [0, 0.1) is 5.92 Å². The largest absolute Gasteiger partial charge is 0.354 e. The molecule has 6 aliphatic heterocycles. The molecule has 7 rings (SSSR count). The third kappa shape index (κ3) is 12.3. The van der Waals surface area contributed by atoms with Crippen molar-refractivity contribution >= 4 is 71.1 Å². The van der Waals surface area contributed by atoms with Crippen LogP contribution in [0.4, 0.5) is 22.6 Å². The number of piperazine rings is 4. The van der Waals surface area contributed by atoms with Crippen molar-refractivity contribution in [2.45, 2.75) is 114 Å². The molecule has 0 radical (unpaired) electrons. The smallest absolute Gasteiger partial charge is 0.315 e. The van der Waals surface area contributed by atoms with E-state index < -0.39 is 18.1 Å². The van der Waals surface area contributed by atoms with Gasteiger partial charge in [-0.25, -0.2) is 4.79 Å². The second-order valence-corrected chi connectivity index (χ2v) is 20.9. The number of unbranched alkanes of at least 4 members (excludes halogenated alkanes) is 3. The van der Waals surface area contributed by atoms with Gasteiger partial charge in [0.25, 0.3) is 0 Å². The zero-order valence-electron chi connectivity index (χ0n) is 41.6. The minimum Gasteiger partial charge on any atom is -0.354 e. The lowest BCUT2D eigenvalue weighted by Crippen LogP contribution is -2.65. The van der Waals surface area contributed by atoms with Gasteiger partial charge in [0, 0.05) is 84.0 Å². The van der Waals surface area contributed by atoms with Crippen molar-refractivity contribution in [3.63, 3.8) is 0 Å². The quantitative estimate of drug-likeness (QED) is 0.0684. The highest BCUT2D eigenvalue weighted by atomic mass is 32.2. The van der Waals surface area contributed by atoms with Crippen LogP contribution in [0.1, 0.15) is 78.1 Å². The van der Waals surface area contributed by atoms with Gasteiger partial charge in [0.05, 0.1) is 18.6 Å². The summed E-state index contributed by atoms with van der Waals surface area (Å²) in [5, 5.41) is 9.87. The van der Waals surface area contributed by atoms with Gasteiger partial charge in [-0.2, -0.15) is 26.7 Å². The van der Waals surface area contributed by atoms with Gasteiger partial charge in [0.1, 0.15) is 31.2 Å². The standard InChI is InChI=1S/C46H76N16O7S/c1-5-30(2)39-42(68)62(28-36(64)56(39)4)33(13-7-10-16-48)41(67)58-20-24-60(25-21-58)45-53-43(49-17-11-8-14-34-38-31(29-70-34)50-46(69)51-38)52-44(54-45)59-22-18-57(19-23-59)40(66)32(12-6-9-15-47)61-27-35(63)55(3)26-37(61)65/h30-34,38-39H,5-29,47-48H2,1-4H3,(H2,50,51,69)(H,49,52,53,54)/t30-,31-,32-,33-,34-,38-,39-/m0/s1. The van der Waals surface area contributed by atoms with Gasteiger partial charge in [-0.3, -0.25) is 28.8 Å². The molecule has 6 saturated heterocycles. The minimum absolute atomic E-state index is 0.0665. The SMILES string of the molecule is CC[C@H](C)[C@H]1C(=O)N([C@@H](CCCCN)C(=O)N2CCN(c3nc(NCCCC[C@@H]4SC[C@@H]5NC(=O)N[C@@H]54)nc(N4CCN(C(=O)[C@H](CCCCN)N5CC(=O)N(C)CC5=O)CC4)n3)CC2)CC(=O)N1C. The first kappa shape index (κ1) is 52.6. The molecule has 7 N–H and O–H groups in total. The molecule has 388 valence electrons. The van der Waals surface area contributed by atoms with Crippen LogP contribution in [0.15, 0.2) is 0 Å². The normalized spacial score (nSPS) is 24.5. The Morgan fingerprint density at radius 1 is 0.714 bits per heavy atom. The average molecular weight is 997 g/mol. The molecule has 1 aromatic heterocycles. The molecule has 7 heterocycles. The summed E-state index contributed by atoms with van der Waals surface area (Å²) in [7, 11) is 3.26. The van der Waals surface area contributed by atoms with Gasteiger partial charge in [-0.1, -0.05) is 26.7 Å². The van der Waals surface area contributed by atoms with Gasteiger partial charge in [0.15, 0.2) is 0 Å². The Labute approximate surface area is 415 Å². The lowest BCUT2D eigenvalue weighted by molar-refractivity contribution is -0.163. The van der Waals surface area contributed by atoms with E-state index in [1.165, 1.54) is 19.6 Å². The van der Waals surface area contributed by atoms with Crippen LogP contribution >= 0.6 is 11.8 Å². The number of fused-ring (bicyclic) bond motifs is 1. The Kier molecular flexibility index (Phi) is 18.2. The zero-order chi connectivity index (χ0) is 50.1. The number of hydrogen-bond acceptors (Lipinski definition) is 16. The van der Waals surface area contributed by atoms with E-state index in [1.807, 2.05) is 35.4 Å². The number of nitrogens with zero attached hydrogens (tertiary/aromatic N) is 11. The van der Waals surface area contributed by atoms with Crippen molar-refractivity contribution in [2.75, 3.05) is 127 Å². The van der Waals surface area contributed by atoms with E-state index in [9.17, 15) is 33.6 Å². The summed E-state index contributed by atoms with van der Waals surface area (Å²) in [6.45, 7) is 8.24. The Morgan fingerprint density at radius 3 is 1.86 bits per heavy atom. The van der Waals surface area contributed by atoms with E-state index in [1.54, 1.807) is 23.9 Å². The number of hydrogen-bond donors (Lipinski definition) is 5. The van der Waals surface area contributed by atoms with E-state index in [4.69, 9.17) is 26.4 Å². The van der Waals surface area contributed by atoms with Crippen LogP contribution in [0.3, 0.4) is 0 Å². The van der Waals surface area contributed by atoms with Gasteiger partial charge < -0.3 is 66.6 Å². The number of aromatic nitrogens is 3. The first-order valence-electron chi connectivity index (χ1n) is 25.5. The minimum atomic E-state index is -0.784. The fraction of sp³-hybridized carbons (Fsp3) is 0.783. The first-order chi connectivity index (χ1) is 33.7. The molecule has 0 bridgehead atoms. The lowest BCUT2D eigenvalue weighted by Gasteiger charge is -2.45. The van der Waals surface area contributed by atoms with Crippen LogP contribution in [0.2, 0.25) is 0 Å². The van der Waals surface area contributed by atoms with E-state index in [0.29, 0.717) is 140 Å². The molecule has 0 aromatic carbocycles. The van der Waals surface area contributed by atoms with E-state index in [0.717, 1.165) is 25.0 Å². The lowest BCUT2D eigenvalue weighted by atomic mass is 9.93. The van der Waals surface area contributed by atoms with E-state index >= 15 is 0 Å². The van der Waals surface area contributed by atoms with Gasteiger partial charge in [-0.05, 0) is 70.4 Å². The van der Waals surface area contributed by atoms with Crippen molar-refractivity contribution < 1.29 is 33.6 Å². The molecule has 23 nitrogen and oxygen atoms in total. The predicted molar refractivity (Wildman–Crippen MR) is 266 cm³/mol. The number of urea groups is 1. The predicted octanol–water partition coefficient (Wildman–Crippen LogP) is -1.07. The van der Waals surface area contributed by atoms with Crippen molar-refractivity contribution in [2.24, 2.45) is 17.4 Å². The number of anilines is 3. The Bertz CT molecular complexity index is 2040. The highest BCUT2D eigenvalue weighted by Crippen LogP contribution is 2.33. The molecule has 0 aliphatic carbocycles. The van der Waals surface area contributed by atoms with Gasteiger partial charge in [-0.15, -0.1) is 0 Å². The van der Waals surface area contributed by atoms with Crippen LogP contribution in [0.5, 0.6) is 0 Å². The molecule has 24 heteroatoms. The van der Waals surface area contributed by atoms with Gasteiger partial charge in [0.2, 0.25) is 53.3 Å². The highest BCUT2D eigenvalue weighted by Gasteiger charge is 2.46. The molecule has 6 aliphatic rings. The van der Waals surface area contributed by atoms with E-state index in [-0.39, 0.29) is 79.1 Å². The Morgan fingerprint density at radius 2 is 1.29 bits per heavy atom. The number of carbonyl (C=O) groups excluding carboxylic acids is 7. The van der Waals surface area contributed by atoms with Crippen LogP contribution in [0.25, 0.3) is 0 Å². The summed E-state index contributed by atoms with van der Waals surface area (Å²) in [6, 6.07) is -1.95. The molecule has 7 atom stereocenters. The second-order valence-electron chi connectivity index (χ2n) is 19.6. The number of carbonyl (C=O) groups is 7. The summed E-state index contributed by atoms with van der Waals surface area (Å²) in [6.07, 6.45) is 6.98. The van der Waals surface area contributed by atoms with Gasteiger partial charge >= 0.3 is 6.03 Å². The maximum Gasteiger partial charge on any atom is 0.315 e. The number of rotatable bonds is 22. The summed E-state index contributed by atoms with van der Waals surface area (Å²) in [5.41, 5.74) is 11.6. The van der Waals surface area contributed by atoms with Crippen molar-refractivity contribution in [3.8, 4) is 0 Å². The molecular weight excluding hydrogens is 921 g/mol. The number of nitrogens with two attached hydrogens (primary N) is 2. The summed E-state index contributed by atoms with van der Waals surface area (Å²) in [5.74, 6) is 0.944. The van der Waals surface area contributed by atoms with Crippen LogP contribution in [-0.4, -0.2) is 233 Å². The van der Waals surface area contributed by atoms with Crippen molar-refractivity contribution in [1.82, 2.24) is 55.0 Å². The fourth-order valence-corrected chi connectivity index (χ4v) is 12.0. The van der Waals surface area contributed by atoms with Crippen LogP contribution in [-0.2, 0) is 28.8 Å². The third-order valence-electron chi connectivity index (χ3n) is 14.9. The van der Waals surface area contributed by atoms with E-state index in [2.05, 4.69) is 16.0 Å². The number of amides is 8. The molecule has 0 unspecified atom stereocenters. The maximum absolute atomic E-state index is 14.5. The monoisotopic (exact) mass is 997 g/mol. The zero-order valence-corrected chi connectivity index (χ0v) is 42.4. The fourth-order valence-electron chi connectivity index (χ4n) is 10.5. The molecular formula is C46H76N16O7S. The number of likely N-dealkylation sites (N-methyl/N-ethyl adjacent to an activating group) is 2. The summed E-state index contributed by atoms with van der Waals surface area (Å²) >= 11 is 1.89. The molecule has 0 saturated carbocycles. The highest BCUT2D eigenvalue weighted by molar-refractivity contribution is 8.00.